The lowest BCUT2D eigenvalue weighted by atomic mass is 9.87. The molecule has 0 unspecified atom stereocenters. The molecule has 0 saturated heterocycles. The summed E-state index contributed by atoms with van der Waals surface area (Å²) in [7, 11) is 3.65. The highest BCUT2D eigenvalue weighted by Crippen LogP contribution is 2.33. The molecule has 0 spiro atoms. The van der Waals surface area contributed by atoms with Crippen molar-refractivity contribution in [2.24, 2.45) is 0 Å². The summed E-state index contributed by atoms with van der Waals surface area (Å²) in [5, 5.41) is 35.4. The Hall–Kier alpha value is -13.1. The summed E-state index contributed by atoms with van der Waals surface area (Å²) in [6.07, 6.45) is 21.0. The van der Waals surface area contributed by atoms with Gasteiger partial charge in [-0.3, -0.25) is 15.0 Å². The maximum atomic E-state index is 12.9. The van der Waals surface area contributed by atoms with E-state index in [2.05, 4.69) is 241 Å². The van der Waals surface area contributed by atoms with E-state index in [1.807, 2.05) is 179 Å². The second-order valence-corrected chi connectivity index (χ2v) is 40.2. The third kappa shape index (κ3) is 35.8. The van der Waals surface area contributed by atoms with Gasteiger partial charge >= 0.3 is 0 Å². The maximum Gasteiger partial charge on any atom is 0.222 e. The number of nitrogens with one attached hydrogen (secondary N) is 4. The van der Waals surface area contributed by atoms with Gasteiger partial charge in [-0.05, 0) is 88.3 Å². The third-order valence-electron chi connectivity index (χ3n) is 18.3. The molecule has 1 aliphatic rings. The summed E-state index contributed by atoms with van der Waals surface area (Å²) < 4.78 is 18.5. The van der Waals surface area contributed by atoms with Gasteiger partial charge in [-0.15, -0.1) is 0 Å². The first-order valence-corrected chi connectivity index (χ1v) is 41.6. The van der Waals surface area contributed by atoms with Gasteiger partial charge in [-0.1, -0.05) is 208 Å². The van der Waals surface area contributed by atoms with E-state index >= 15 is 0 Å². The first-order valence-electron chi connectivity index (χ1n) is 41.6. The number of fused-ring (bicyclic) bond motifs is 2. The molecule has 1 aliphatic heterocycles. The summed E-state index contributed by atoms with van der Waals surface area (Å²) in [6, 6.07) is 11.4. The van der Waals surface area contributed by atoms with Gasteiger partial charge in [0, 0.05) is 95.8 Å². The molecule has 11 aromatic heterocycles. The molecule has 127 heavy (non-hydrogen) atoms. The van der Waals surface area contributed by atoms with Crippen molar-refractivity contribution < 1.29 is 9.13 Å². The Balaban J connectivity index is 0.000000364. The molecular weight excluding hydrogens is 1600 g/mol. The second-order valence-electron chi connectivity index (χ2n) is 40.2. The highest BCUT2D eigenvalue weighted by Gasteiger charge is 2.27. The van der Waals surface area contributed by atoms with E-state index in [-0.39, 0.29) is 83.2 Å². The monoisotopic (exact) mass is 1740 g/mol. The number of pyridine rings is 2. The maximum absolute atomic E-state index is 12.9. The molecule has 0 fully saturated rings. The molecule has 0 amide bonds. The number of ether oxygens (including phenoxy) is 1. The van der Waals surface area contributed by atoms with E-state index < -0.39 is 5.82 Å². The highest BCUT2D eigenvalue weighted by molar-refractivity contribution is 5.70. The SMILES string of the molecule is CC(C)(C)c1cnc(N)c(F)c1.CC(C)(C)c1cnc(N)nc1C#N.CC(C)(C)c1cnc2[nH]ccc2n1.CC(C)(C)c1cnc2c(c1)OCCN2.CC(C)(C)c1ncc(N)nc1C#N.CNc1cnc(C(C)(C)C)cn1.CNc1ncc(C(C)(C)C)cn1.Cc1nc(N)c(C#N)nc1C(C)(C)C.Cc1nc(N)cnc1C(C)(C)C.Cc1nc(N)ncc1C(C)(C)C. The van der Waals surface area contributed by atoms with Gasteiger partial charge in [0.15, 0.2) is 46.1 Å². The first kappa shape index (κ1) is 108. The van der Waals surface area contributed by atoms with Crippen LogP contribution in [0, 0.1) is 60.6 Å². The predicted molar refractivity (Wildman–Crippen MR) is 511 cm³/mol. The Bertz CT molecular complexity index is 5290. The van der Waals surface area contributed by atoms with Gasteiger partial charge in [-0.2, -0.15) is 15.8 Å². The Kier molecular flexibility index (Phi) is 38.4. The van der Waals surface area contributed by atoms with E-state index in [4.69, 9.17) is 54.9 Å². The largest absolute Gasteiger partial charge is 0.488 e. The highest BCUT2D eigenvalue weighted by atomic mass is 19.1. The van der Waals surface area contributed by atoms with Gasteiger partial charge < -0.3 is 60.1 Å². The number of nitrogen functional groups attached to an aromatic ring is 6. The van der Waals surface area contributed by atoms with E-state index in [9.17, 15) is 4.39 Å². The quantitative estimate of drug-likeness (QED) is 0.0768. The fourth-order valence-corrected chi connectivity index (χ4v) is 11.0. The predicted octanol–water partition coefficient (Wildman–Crippen LogP) is 17.5. The lowest BCUT2D eigenvalue weighted by Gasteiger charge is -2.23. The number of aromatic amines is 1. The molecule has 32 nitrogen and oxygen atoms in total. The average molecular weight is 1740 g/mol. The second kappa shape index (κ2) is 45.2. The van der Waals surface area contributed by atoms with Crippen LogP contribution in [0.25, 0.3) is 11.2 Å². The molecule has 684 valence electrons. The van der Waals surface area contributed by atoms with Crippen molar-refractivity contribution in [1.29, 1.82) is 15.8 Å². The molecule has 33 heteroatoms. The van der Waals surface area contributed by atoms with Crippen LogP contribution in [-0.4, -0.2) is 122 Å². The number of rotatable bonds is 2. The fourth-order valence-electron chi connectivity index (χ4n) is 11.0. The summed E-state index contributed by atoms with van der Waals surface area (Å²) in [4.78, 5) is 77.3. The average Bonchev–Trinajstić information content (AvgIpc) is 1.81. The van der Waals surface area contributed by atoms with Crippen molar-refractivity contribution in [3.63, 3.8) is 0 Å². The summed E-state index contributed by atoms with van der Waals surface area (Å²) >= 11 is 0. The number of hydrogen-bond donors (Lipinski definition) is 10. The molecular formula is C94H140FN31O. The number of nitrogens with two attached hydrogens (primary N) is 6. The smallest absolute Gasteiger partial charge is 0.222 e. The topological polar surface area (TPSA) is 521 Å². The first-order chi connectivity index (χ1) is 58.2. The Morgan fingerprint density at radius 2 is 0.866 bits per heavy atom. The van der Waals surface area contributed by atoms with Crippen LogP contribution < -0.4 is 55.1 Å². The molecule has 12 heterocycles. The van der Waals surface area contributed by atoms with Crippen molar-refractivity contribution in [3.05, 3.63) is 189 Å². The Morgan fingerprint density at radius 1 is 0.386 bits per heavy atom. The van der Waals surface area contributed by atoms with Crippen LogP contribution in [0.3, 0.4) is 0 Å². The van der Waals surface area contributed by atoms with E-state index in [1.54, 1.807) is 31.0 Å². The summed E-state index contributed by atoms with van der Waals surface area (Å²) in [6.45, 7) is 69.8. The van der Waals surface area contributed by atoms with Crippen LogP contribution >= 0.6 is 0 Å². The van der Waals surface area contributed by atoms with Gasteiger partial charge in [-0.25, -0.2) is 79.2 Å². The van der Waals surface area contributed by atoms with Crippen LogP contribution in [0.4, 0.5) is 57.1 Å². The van der Waals surface area contributed by atoms with Crippen molar-refractivity contribution in [3.8, 4) is 24.0 Å². The van der Waals surface area contributed by atoms with Crippen molar-refractivity contribution >= 4 is 63.9 Å². The summed E-state index contributed by atoms with van der Waals surface area (Å²) in [5.41, 5.74) is 47.7. The standard InChI is InChI=1S/C11H16N2O.C10H14N4.C10H13N3.C9H13FN2.2C9H12N4.4C9H15N3/c1-11(2,3)8-6-9-10(13-7-8)12-4-5-14-9;1-6-8(10(2,3)4)14-7(5-11)9(12)13-6;1-10(2,3)8-6-12-9-7(13-8)4-5-11-9;1-9(2,3)6-4-7(10)8(11)12-5-6;1-9(2,3)6-5-12-8(11)13-7(6)4-10;1-9(2,3)8-6(4-10)13-7(11)5-12-8;1-9(2,3)7-5-12-8(10-4)6-11-7;1-9(2,3)7-5-11-8(10-4)12-6-7;1-6-8(9(2,3)4)11-5-7(10)12-6;1-6-7(9(2,3)4)5-11-8(10)12-6/h6-7H,4-5H2,1-3H3,(H,12,13);1-4H3,(H2,12,13);4-6H,1-3H3,(H,11,12);4-5H,1-3H3,(H2,11,12);5H,1-3H3,(H2,11,12,13);5H,1-3H3,(H2,11,13);5-6H,1-4H3,(H,10,12);5-6H,1-4H3,(H,10,11,12);5H,1-4H3,(H2,10,12);5H,1-4H3,(H2,10,11,12). The van der Waals surface area contributed by atoms with Gasteiger partial charge in [0.05, 0.1) is 77.4 Å². The minimum absolute atomic E-state index is 0.0389. The lowest BCUT2D eigenvalue weighted by Crippen LogP contribution is -2.20. The van der Waals surface area contributed by atoms with E-state index in [1.165, 1.54) is 17.8 Å². The minimum Gasteiger partial charge on any atom is -0.488 e. The minimum atomic E-state index is -0.442. The van der Waals surface area contributed by atoms with Crippen molar-refractivity contribution in [2.45, 2.75) is 283 Å². The summed E-state index contributed by atoms with van der Waals surface area (Å²) in [5.74, 6) is 4.21. The number of anilines is 9. The number of halogens is 1. The molecule has 0 aliphatic carbocycles. The van der Waals surface area contributed by atoms with Crippen molar-refractivity contribution in [2.75, 3.05) is 77.6 Å². The van der Waals surface area contributed by atoms with Gasteiger partial charge in [0.25, 0.3) is 0 Å². The number of nitrogens with zero attached hydrogens (tertiary/aromatic N) is 21. The number of H-pyrrole nitrogens is 1. The molecule has 0 saturated carbocycles. The van der Waals surface area contributed by atoms with Gasteiger partial charge in [0.1, 0.15) is 53.5 Å². The Labute approximate surface area is 752 Å². The third-order valence-corrected chi connectivity index (χ3v) is 18.3. The van der Waals surface area contributed by atoms with Crippen LogP contribution in [0.15, 0.2) is 92.6 Å². The van der Waals surface area contributed by atoms with E-state index in [0.717, 1.165) is 104 Å². The molecule has 0 bridgehead atoms. The normalized spacial score (nSPS) is 11.9. The molecule has 0 radical (unpaired) electrons. The molecule has 0 aromatic carbocycles. The molecule has 0 atom stereocenters. The zero-order valence-electron chi connectivity index (χ0n) is 81.7. The van der Waals surface area contributed by atoms with E-state index in [0.29, 0.717) is 34.8 Å². The number of nitriles is 3. The lowest BCUT2D eigenvalue weighted by molar-refractivity contribution is 0.320. The number of hydrogen-bond acceptors (Lipinski definition) is 31. The molecule has 11 aromatic rings. The Morgan fingerprint density at radius 3 is 1.32 bits per heavy atom. The molecule has 12 rings (SSSR count). The van der Waals surface area contributed by atoms with Gasteiger partial charge in [0.2, 0.25) is 17.8 Å². The van der Waals surface area contributed by atoms with Crippen LogP contribution in [0.1, 0.15) is 298 Å². The van der Waals surface area contributed by atoms with Crippen molar-refractivity contribution in [1.82, 2.24) is 94.7 Å². The zero-order valence-corrected chi connectivity index (χ0v) is 81.7. The van der Waals surface area contributed by atoms with Crippen LogP contribution in [0.5, 0.6) is 5.75 Å². The van der Waals surface area contributed by atoms with Crippen LogP contribution in [0.2, 0.25) is 0 Å². The molecule has 16 N–H and O–H groups in total. The number of aryl methyl sites for hydroxylation is 3. The zero-order chi connectivity index (χ0) is 97.1. The van der Waals surface area contributed by atoms with Crippen LogP contribution in [-0.2, 0) is 54.1 Å². The number of aromatic nitrogens is 19. The fraction of sp³-hybridized carbons (Fsp3) is 0.500.